The van der Waals surface area contributed by atoms with E-state index < -0.39 is 0 Å². The van der Waals surface area contributed by atoms with Crippen LogP contribution < -0.4 is 0 Å². The van der Waals surface area contributed by atoms with Crippen molar-refractivity contribution in [3.8, 4) is 33.4 Å². The minimum absolute atomic E-state index is 0.0171. The lowest BCUT2D eigenvalue weighted by Crippen LogP contribution is -2.10. The molecule has 0 aliphatic heterocycles. The second kappa shape index (κ2) is 10.0. The van der Waals surface area contributed by atoms with Crippen LogP contribution in [0.15, 0.2) is 152 Å². The van der Waals surface area contributed by atoms with E-state index in [2.05, 4.69) is 172 Å². The highest BCUT2D eigenvalue weighted by molar-refractivity contribution is 6.29. The van der Waals surface area contributed by atoms with Crippen LogP contribution >= 0.6 is 0 Å². The Bertz CT molecular complexity index is 2580. The Morgan fingerprint density at radius 3 is 1.61 bits per heavy atom. The van der Waals surface area contributed by atoms with Crippen LogP contribution in [0.25, 0.3) is 87.2 Å². The lowest BCUT2D eigenvalue weighted by Gasteiger charge is -2.24. The third-order valence-electron chi connectivity index (χ3n) is 9.97. The average Bonchev–Trinajstić information content (AvgIpc) is 3.09. The number of fused-ring (bicyclic) bond motifs is 2. The van der Waals surface area contributed by atoms with Gasteiger partial charge in [0.05, 0.1) is 0 Å². The van der Waals surface area contributed by atoms with E-state index in [1.807, 2.05) is 0 Å². The monoisotopic (exact) mass is 586 g/mol. The van der Waals surface area contributed by atoms with Crippen molar-refractivity contribution in [2.45, 2.75) is 26.2 Å². The van der Waals surface area contributed by atoms with E-state index in [4.69, 9.17) is 0 Å². The van der Waals surface area contributed by atoms with Crippen LogP contribution in [0.2, 0.25) is 0 Å². The molecule has 0 saturated heterocycles. The maximum Gasteiger partial charge on any atom is -0.00200 e. The zero-order valence-electron chi connectivity index (χ0n) is 26.4. The van der Waals surface area contributed by atoms with E-state index in [0.717, 1.165) is 0 Å². The van der Waals surface area contributed by atoms with Crippen LogP contribution in [0.1, 0.15) is 26.3 Å². The van der Waals surface area contributed by atoms with Crippen LogP contribution in [-0.2, 0) is 5.41 Å². The highest BCUT2D eigenvalue weighted by Crippen LogP contribution is 2.49. The summed E-state index contributed by atoms with van der Waals surface area (Å²) < 4.78 is 0. The van der Waals surface area contributed by atoms with E-state index in [-0.39, 0.29) is 5.41 Å². The van der Waals surface area contributed by atoms with Crippen molar-refractivity contribution >= 4 is 53.9 Å². The quantitative estimate of drug-likeness (QED) is 0.143. The molecule has 0 aliphatic rings. The van der Waals surface area contributed by atoms with E-state index in [1.165, 1.54) is 92.8 Å². The second-order valence-electron chi connectivity index (χ2n) is 13.7. The largest absolute Gasteiger partial charge is 0.0622 e. The second-order valence-corrected chi connectivity index (χ2v) is 13.7. The number of rotatable bonds is 3. The topological polar surface area (TPSA) is 0 Å². The summed E-state index contributed by atoms with van der Waals surface area (Å²) in [6.07, 6.45) is 0. The molecule has 0 nitrogen and oxygen atoms in total. The molecule has 9 aromatic rings. The fourth-order valence-corrected chi connectivity index (χ4v) is 7.75. The molecule has 9 aromatic carbocycles. The smallest absolute Gasteiger partial charge is 0.00200 e. The van der Waals surface area contributed by atoms with Crippen molar-refractivity contribution < 1.29 is 0 Å². The molecule has 0 saturated carbocycles. The van der Waals surface area contributed by atoms with Crippen molar-refractivity contribution in [2.24, 2.45) is 0 Å². The van der Waals surface area contributed by atoms with Gasteiger partial charge in [-0.3, -0.25) is 0 Å². The predicted molar refractivity (Wildman–Crippen MR) is 200 cm³/mol. The van der Waals surface area contributed by atoms with Gasteiger partial charge >= 0.3 is 0 Å². The van der Waals surface area contributed by atoms with Gasteiger partial charge < -0.3 is 0 Å². The van der Waals surface area contributed by atoms with Gasteiger partial charge in [-0.1, -0.05) is 166 Å². The maximum absolute atomic E-state index is 2.47. The van der Waals surface area contributed by atoms with E-state index in [0.29, 0.717) is 0 Å². The lowest BCUT2D eigenvalue weighted by molar-refractivity contribution is 0.591. The van der Waals surface area contributed by atoms with Crippen LogP contribution in [0.5, 0.6) is 0 Å². The van der Waals surface area contributed by atoms with Gasteiger partial charge in [0.15, 0.2) is 0 Å². The first-order valence-corrected chi connectivity index (χ1v) is 16.3. The Labute approximate surface area is 269 Å². The molecule has 218 valence electrons. The minimum Gasteiger partial charge on any atom is -0.0622 e. The zero-order valence-corrected chi connectivity index (χ0v) is 26.4. The first kappa shape index (κ1) is 26.9. The Morgan fingerprint density at radius 2 is 0.891 bits per heavy atom. The first-order valence-electron chi connectivity index (χ1n) is 16.3. The predicted octanol–water partition coefficient (Wildman–Crippen LogP) is 13.2. The van der Waals surface area contributed by atoms with Gasteiger partial charge in [0, 0.05) is 0 Å². The molecule has 0 heteroatoms. The summed E-state index contributed by atoms with van der Waals surface area (Å²) in [7, 11) is 0. The Kier molecular flexibility index (Phi) is 5.86. The van der Waals surface area contributed by atoms with Gasteiger partial charge in [0.1, 0.15) is 0 Å². The van der Waals surface area contributed by atoms with E-state index in [9.17, 15) is 0 Å². The first-order chi connectivity index (χ1) is 22.5. The van der Waals surface area contributed by atoms with Crippen LogP contribution in [0, 0.1) is 0 Å². The van der Waals surface area contributed by atoms with Crippen molar-refractivity contribution in [1.29, 1.82) is 0 Å². The summed E-state index contributed by atoms with van der Waals surface area (Å²) in [5, 5.41) is 13.1. The highest BCUT2D eigenvalue weighted by atomic mass is 14.3. The summed E-state index contributed by atoms with van der Waals surface area (Å²) in [4.78, 5) is 0. The molecule has 0 spiro atoms. The molecule has 0 heterocycles. The normalized spacial score (nSPS) is 12.2. The average molecular weight is 587 g/mol. The summed E-state index contributed by atoms with van der Waals surface area (Å²) in [6.45, 7) is 6.94. The summed E-state index contributed by atoms with van der Waals surface area (Å²) in [5.41, 5.74) is 9.02. The molecule has 0 aromatic heterocycles. The Balaban J connectivity index is 1.46. The molecule has 0 fully saturated rings. The molecule has 0 aliphatic carbocycles. The molecular formula is C46H34. The molecular weight excluding hydrogens is 553 g/mol. The summed E-state index contributed by atoms with van der Waals surface area (Å²) in [5.74, 6) is 0. The summed E-state index contributed by atoms with van der Waals surface area (Å²) in [6, 6.07) is 56.6. The minimum atomic E-state index is 0.0171. The number of hydrogen-bond acceptors (Lipinski definition) is 0. The maximum atomic E-state index is 2.47. The standard InChI is InChI=1S/C46H34/c1-46(2,3)33-24-27-40-41(28-33)45(35-17-8-7-16-34(35)29-12-5-4-6-13-29)37-19-10-9-18-36(37)44(40)39-26-23-32-21-20-30-14-11-15-31-22-25-38(39)43(32)42(30)31/h4-28H,1-3H3. The highest BCUT2D eigenvalue weighted by Gasteiger charge is 2.23. The third-order valence-corrected chi connectivity index (χ3v) is 9.97. The van der Waals surface area contributed by atoms with Crippen molar-refractivity contribution in [3.63, 3.8) is 0 Å². The molecule has 0 unspecified atom stereocenters. The number of benzene rings is 9. The van der Waals surface area contributed by atoms with E-state index >= 15 is 0 Å². The molecule has 0 bridgehead atoms. The van der Waals surface area contributed by atoms with Crippen LogP contribution in [-0.4, -0.2) is 0 Å². The number of hydrogen-bond donors (Lipinski definition) is 0. The van der Waals surface area contributed by atoms with Crippen molar-refractivity contribution in [3.05, 3.63) is 157 Å². The molecule has 0 atom stereocenters. The van der Waals surface area contributed by atoms with Crippen LogP contribution in [0.3, 0.4) is 0 Å². The van der Waals surface area contributed by atoms with Gasteiger partial charge in [-0.25, -0.2) is 0 Å². The molecule has 0 N–H and O–H groups in total. The van der Waals surface area contributed by atoms with Gasteiger partial charge in [-0.05, 0) is 104 Å². The molecule has 0 amide bonds. The van der Waals surface area contributed by atoms with Gasteiger partial charge in [-0.15, -0.1) is 0 Å². The summed E-state index contributed by atoms with van der Waals surface area (Å²) >= 11 is 0. The third kappa shape index (κ3) is 4.00. The Hall–Kier alpha value is -5.46. The molecule has 46 heavy (non-hydrogen) atoms. The fraction of sp³-hybridized carbons (Fsp3) is 0.0870. The van der Waals surface area contributed by atoms with E-state index in [1.54, 1.807) is 0 Å². The van der Waals surface area contributed by atoms with Gasteiger partial charge in [0.25, 0.3) is 0 Å². The SMILES string of the molecule is CC(C)(C)c1ccc2c(-c3ccc4ccc5cccc6ccc3c4c56)c3ccccc3c(-c3ccccc3-c3ccccc3)c2c1. The van der Waals surface area contributed by atoms with Gasteiger partial charge in [-0.2, -0.15) is 0 Å². The molecule has 9 rings (SSSR count). The van der Waals surface area contributed by atoms with Crippen LogP contribution in [0.4, 0.5) is 0 Å². The lowest BCUT2D eigenvalue weighted by atomic mass is 9.79. The Morgan fingerprint density at radius 1 is 0.348 bits per heavy atom. The zero-order chi connectivity index (χ0) is 31.0. The fourth-order valence-electron chi connectivity index (χ4n) is 7.75. The van der Waals surface area contributed by atoms with Crippen molar-refractivity contribution in [2.75, 3.05) is 0 Å². The van der Waals surface area contributed by atoms with Crippen molar-refractivity contribution in [1.82, 2.24) is 0 Å². The molecule has 0 radical (unpaired) electrons. The van der Waals surface area contributed by atoms with Gasteiger partial charge in [0.2, 0.25) is 0 Å².